The summed E-state index contributed by atoms with van der Waals surface area (Å²) < 4.78 is 0. The molecule has 0 aromatic carbocycles. The molecule has 0 saturated carbocycles. The minimum absolute atomic E-state index is 0.409. The molecular weight excluding hydrogens is 180 g/mol. The van der Waals surface area contributed by atoms with E-state index in [9.17, 15) is 0 Å². The van der Waals surface area contributed by atoms with Crippen LogP contribution in [0.25, 0.3) is 0 Å². The number of thiophene rings is 1. The Kier molecular flexibility index (Phi) is 4.42. The largest absolute Gasteiger partial charge is 0.329 e. The van der Waals surface area contributed by atoms with Crippen molar-refractivity contribution in [3.8, 4) is 0 Å². The monoisotopic (exact) mass is 198 g/mol. The maximum Gasteiger partial charge on any atom is 0.0305 e. The van der Waals surface area contributed by atoms with E-state index in [4.69, 9.17) is 5.73 Å². The van der Waals surface area contributed by atoms with Crippen LogP contribution in [0.5, 0.6) is 0 Å². The molecule has 0 fully saturated rings. The molecule has 0 unspecified atom stereocenters. The molecule has 0 saturated heterocycles. The van der Waals surface area contributed by atoms with Crippen LogP contribution in [-0.4, -0.2) is 12.6 Å². The Labute approximate surface area is 84.2 Å². The highest BCUT2D eigenvalue weighted by atomic mass is 32.1. The van der Waals surface area contributed by atoms with E-state index in [0.717, 1.165) is 13.0 Å². The van der Waals surface area contributed by atoms with Crippen molar-refractivity contribution in [1.82, 2.24) is 5.32 Å². The van der Waals surface area contributed by atoms with Crippen molar-refractivity contribution in [2.45, 2.75) is 32.9 Å². The third kappa shape index (κ3) is 3.10. The first-order valence-corrected chi connectivity index (χ1v) is 5.64. The van der Waals surface area contributed by atoms with E-state index < -0.39 is 0 Å². The highest BCUT2D eigenvalue weighted by molar-refractivity contribution is 7.10. The Morgan fingerprint density at radius 3 is 3.00 bits per heavy atom. The van der Waals surface area contributed by atoms with Crippen LogP contribution in [-0.2, 0) is 13.0 Å². The van der Waals surface area contributed by atoms with Crippen molar-refractivity contribution in [3.05, 3.63) is 21.9 Å². The molecule has 1 aromatic rings. The molecule has 3 heteroatoms. The zero-order chi connectivity index (χ0) is 9.68. The molecule has 0 spiro atoms. The fraction of sp³-hybridized carbons (Fsp3) is 0.600. The van der Waals surface area contributed by atoms with Crippen molar-refractivity contribution >= 4 is 11.3 Å². The minimum Gasteiger partial charge on any atom is -0.329 e. The number of hydrogen-bond donors (Lipinski definition) is 2. The van der Waals surface area contributed by atoms with Crippen LogP contribution in [0.3, 0.4) is 0 Å². The average Bonchev–Trinajstić information content (AvgIpc) is 2.61. The van der Waals surface area contributed by atoms with Gasteiger partial charge in [0.1, 0.15) is 0 Å². The summed E-state index contributed by atoms with van der Waals surface area (Å²) >= 11 is 1.82. The molecule has 13 heavy (non-hydrogen) atoms. The van der Waals surface area contributed by atoms with Gasteiger partial charge in [0.2, 0.25) is 0 Å². The van der Waals surface area contributed by atoms with E-state index in [0.29, 0.717) is 12.6 Å². The molecule has 1 aromatic heterocycles. The molecule has 74 valence electrons. The molecule has 0 aliphatic rings. The SMILES string of the molecule is CCc1ccsc1CN[C@H](C)CN. The first-order chi connectivity index (χ1) is 6.27. The second-order valence-corrected chi connectivity index (χ2v) is 4.24. The van der Waals surface area contributed by atoms with E-state index in [1.165, 1.54) is 10.4 Å². The Morgan fingerprint density at radius 1 is 1.62 bits per heavy atom. The van der Waals surface area contributed by atoms with Gasteiger partial charge >= 0.3 is 0 Å². The smallest absolute Gasteiger partial charge is 0.0305 e. The molecule has 0 radical (unpaired) electrons. The quantitative estimate of drug-likeness (QED) is 0.756. The van der Waals surface area contributed by atoms with Gasteiger partial charge in [-0.15, -0.1) is 11.3 Å². The van der Waals surface area contributed by atoms with Gasteiger partial charge in [0.05, 0.1) is 0 Å². The maximum atomic E-state index is 5.52. The van der Waals surface area contributed by atoms with Gasteiger partial charge in [0, 0.05) is 24.0 Å². The second kappa shape index (κ2) is 5.37. The second-order valence-electron chi connectivity index (χ2n) is 3.24. The van der Waals surface area contributed by atoms with Gasteiger partial charge in [-0.2, -0.15) is 0 Å². The Morgan fingerprint density at radius 2 is 2.38 bits per heavy atom. The normalized spacial score (nSPS) is 13.2. The molecule has 2 nitrogen and oxygen atoms in total. The lowest BCUT2D eigenvalue weighted by Gasteiger charge is -2.10. The minimum atomic E-state index is 0.409. The van der Waals surface area contributed by atoms with Gasteiger partial charge in [-0.1, -0.05) is 6.92 Å². The summed E-state index contributed by atoms with van der Waals surface area (Å²) in [6, 6.07) is 2.61. The van der Waals surface area contributed by atoms with Crippen molar-refractivity contribution in [1.29, 1.82) is 0 Å². The molecule has 3 N–H and O–H groups in total. The van der Waals surface area contributed by atoms with E-state index in [1.54, 1.807) is 0 Å². The zero-order valence-corrected chi connectivity index (χ0v) is 9.16. The van der Waals surface area contributed by atoms with Crippen LogP contribution in [0.1, 0.15) is 24.3 Å². The highest BCUT2D eigenvalue weighted by Gasteiger charge is 2.03. The standard InChI is InChI=1S/C10H18N2S/c1-3-9-4-5-13-10(9)7-12-8(2)6-11/h4-5,8,12H,3,6-7,11H2,1-2H3/t8-/m1/s1. The zero-order valence-electron chi connectivity index (χ0n) is 8.34. The van der Waals surface area contributed by atoms with Gasteiger partial charge in [0.15, 0.2) is 0 Å². The van der Waals surface area contributed by atoms with Crippen LogP contribution in [0, 0.1) is 0 Å². The van der Waals surface area contributed by atoms with E-state index in [2.05, 4.69) is 30.6 Å². The molecule has 0 aliphatic carbocycles. The summed E-state index contributed by atoms with van der Waals surface area (Å²) in [4.78, 5) is 1.45. The summed E-state index contributed by atoms with van der Waals surface area (Å²) in [5, 5.41) is 5.55. The number of nitrogens with one attached hydrogen (secondary N) is 1. The van der Waals surface area contributed by atoms with E-state index >= 15 is 0 Å². The molecule has 0 bridgehead atoms. The fourth-order valence-electron chi connectivity index (χ4n) is 1.19. The molecular formula is C10H18N2S. The van der Waals surface area contributed by atoms with Crippen molar-refractivity contribution in [2.75, 3.05) is 6.54 Å². The van der Waals surface area contributed by atoms with E-state index in [-0.39, 0.29) is 0 Å². The van der Waals surface area contributed by atoms with Gasteiger partial charge in [-0.25, -0.2) is 0 Å². The molecule has 0 aliphatic heterocycles. The van der Waals surface area contributed by atoms with Crippen LogP contribution >= 0.6 is 11.3 Å². The maximum absolute atomic E-state index is 5.52. The first-order valence-electron chi connectivity index (χ1n) is 4.76. The predicted octanol–water partition coefficient (Wildman–Crippen LogP) is 1.75. The van der Waals surface area contributed by atoms with Crippen LogP contribution in [0.15, 0.2) is 11.4 Å². The molecule has 1 rings (SSSR count). The molecule has 1 atom stereocenters. The van der Waals surface area contributed by atoms with Crippen LogP contribution in [0.4, 0.5) is 0 Å². The summed E-state index contributed by atoms with van der Waals surface area (Å²) in [7, 11) is 0. The Bertz CT molecular complexity index is 245. The number of rotatable bonds is 5. The van der Waals surface area contributed by atoms with Gasteiger partial charge in [-0.05, 0) is 30.4 Å². The van der Waals surface area contributed by atoms with Crippen LogP contribution in [0.2, 0.25) is 0 Å². The lowest BCUT2D eigenvalue weighted by molar-refractivity contribution is 0.558. The third-order valence-electron chi connectivity index (χ3n) is 2.18. The van der Waals surface area contributed by atoms with Gasteiger partial charge < -0.3 is 11.1 Å². The van der Waals surface area contributed by atoms with E-state index in [1.807, 2.05) is 11.3 Å². The number of aryl methyl sites for hydroxylation is 1. The first kappa shape index (κ1) is 10.7. The summed E-state index contributed by atoms with van der Waals surface area (Å²) in [6.07, 6.45) is 1.12. The summed E-state index contributed by atoms with van der Waals surface area (Å²) in [5.41, 5.74) is 6.98. The lowest BCUT2D eigenvalue weighted by Crippen LogP contribution is -2.32. The third-order valence-corrected chi connectivity index (χ3v) is 3.15. The van der Waals surface area contributed by atoms with Gasteiger partial charge in [0.25, 0.3) is 0 Å². The summed E-state index contributed by atoms with van der Waals surface area (Å²) in [5.74, 6) is 0. The summed E-state index contributed by atoms with van der Waals surface area (Å²) in [6.45, 7) is 5.96. The van der Waals surface area contributed by atoms with Crippen molar-refractivity contribution in [3.63, 3.8) is 0 Å². The Hall–Kier alpha value is -0.380. The fourth-order valence-corrected chi connectivity index (χ4v) is 2.11. The molecule has 1 heterocycles. The average molecular weight is 198 g/mol. The topological polar surface area (TPSA) is 38.0 Å². The predicted molar refractivity (Wildman–Crippen MR) is 59.1 cm³/mol. The molecule has 0 amide bonds. The highest BCUT2D eigenvalue weighted by Crippen LogP contribution is 2.16. The number of hydrogen-bond acceptors (Lipinski definition) is 3. The van der Waals surface area contributed by atoms with Gasteiger partial charge in [-0.3, -0.25) is 0 Å². The van der Waals surface area contributed by atoms with Crippen molar-refractivity contribution in [2.24, 2.45) is 5.73 Å². The van der Waals surface area contributed by atoms with Crippen LogP contribution < -0.4 is 11.1 Å². The number of nitrogens with two attached hydrogens (primary N) is 1. The Balaban J connectivity index is 2.44. The van der Waals surface area contributed by atoms with Crippen molar-refractivity contribution < 1.29 is 0 Å². The lowest BCUT2D eigenvalue weighted by atomic mass is 10.2.